The van der Waals surface area contributed by atoms with Crippen molar-refractivity contribution in [1.29, 1.82) is 0 Å². The Kier molecular flexibility index (Phi) is 5.77. The number of carbonyl (C=O) groups excluding carboxylic acids is 2. The fraction of sp³-hybridized carbons (Fsp3) is 0.800. The summed E-state index contributed by atoms with van der Waals surface area (Å²) in [5.41, 5.74) is -0.359. The van der Waals surface area contributed by atoms with Crippen molar-refractivity contribution in [3.8, 4) is 0 Å². The molecule has 1 N–H and O–H groups in total. The van der Waals surface area contributed by atoms with E-state index < -0.39 is 5.60 Å². The summed E-state index contributed by atoms with van der Waals surface area (Å²) in [6.07, 6.45) is 17.8. The van der Waals surface area contributed by atoms with Crippen molar-refractivity contribution < 1.29 is 14.3 Å². The zero-order valence-corrected chi connectivity index (χ0v) is 22.8. The smallest absolute Gasteiger partial charge is 0.407 e. The lowest BCUT2D eigenvalue weighted by Gasteiger charge is -2.67. The summed E-state index contributed by atoms with van der Waals surface area (Å²) >= 11 is 0. The van der Waals surface area contributed by atoms with Crippen LogP contribution in [0.2, 0.25) is 0 Å². The van der Waals surface area contributed by atoms with Crippen LogP contribution in [0.1, 0.15) is 92.9 Å². The van der Waals surface area contributed by atoms with Gasteiger partial charge in [0.15, 0.2) is 0 Å². The van der Waals surface area contributed by atoms with Gasteiger partial charge in [0.25, 0.3) is 0 Å². The highest BCUT2D eigenvalue weighted by atomic mass is 16.6. The molecule has 0 spiro atoms. The molecule has 6 atom stereocenters. The Hall–Kier alpha value is -1.78. The van der Waals surface area contributed by atoms with E-state index >= 15 is 0 Å². The zero-order chi connectivity index (χ0) is 25.3. The number of ether oxygens (including phenoxy) is 1. The van der Waals surface area contributed by atoms with E-state index in [1.165, 1.54) is 19.3 Å². The van der Waals surface area contributed by atoms with Crippen LogP contribution in [0.3, 0.4) is 0 Å². The van der Waals surface area contributed by atoms with Crippen molar-refractivity contribution >= 4 is 12.0 Å². The van der Waals surface area contributed by atoms with Crippen LogP contribution in [-0.2, 0) is 9.53 Å². The predicted octanol–water partition coefficient (Wildman–Crippen LogP) is 6.25. The fourth-order valence-electron chi connectivity index (χ4n) is 9.27. The Balaban J connectivity index is 1.33. The number of carbonyl (C=O) groups is 2. The number of allylic oxidation sites excluding steroid dienone is 4. The Morgan fingerprint density at radius 1 is 1.03 bits per heavy atom. The van der Waals surface area contributed by atoms with Crippen LogP contribution in [0.5, 0.6) is 0 Å². The molecule has 194 valence electrons. The molecule has 0 radical (unpaired) electrons. The van der Waals surface area contributed by atoms with Gasteiger partial charge in [-0.2, -0.15) is 0 Å². The molecule has 3 unspecified atom stereocenters. The predicted molar refractivity (Wildman–Crippen MR) is 139 cm³/mol. The molecule has 1 saturated heterocycles. The molecule has 5 aliphatic carbocycles. The first kappa shape index (κ1) is 24.9. The van der Waals surface area contributed by atoms with Crippen molar-refractivity contribution in [1.82, 2.24) is 10.2 Å². The van der Waals surface area contributed by atoms with Crippen LogP contribution in [0.25, 0.3) is 0 Å². The van der Waals surface area contributed by atoms with Gasteiger partial charge >= 0.3 is 6.09 Å². The van der Waals surface area contributed by atoms with Gasteiger partial charge in [0.1, 0.15) is 5.60 Å². The Morgan fingerprint density at radius 3 is 2.43 bits per heavy atom. The van der Waals surface area contributed by atoms with Gasteiger partial charge in [-0.05, 0) is 94.8 Å². The first-order valence-electron chi connectivity index (χ1n) is 13.9. The van der Waals surface area contributed by atoms with Crippen molar-refractivity contribution in [2.75, 3.05) is 13.1 Å². The second kappa shape index (κ2) is 8.11. The molecule has 4 saturated carbocycles. The zero-order valence-electron chi connectivity index (χ0n) is 22.8. The second-order valence-corrected chi connectivity index (χ2v) is 14.8. The molecule has 0 aromatic heterocycles. The van der Waals surface area contributed by atoms with Crippen molar-refractivity contribution in [2.24, 2.45) is 33.5 Å². The van der Waals surface area contributed by atoms with E-state index in [4.69, 9.17) is 4.74 Å². The molecule has 1 aliphatic heterocycles. The number of hydrogen-bond donors (Lipinski definition) is 1. The van der Waals surface area contributed by atoms with E-state index in [2.05, 4.69) is 55.3 Å². The second-order valence-electron chi connectivity index (χ2n) is 14.8. The normalized spacial score (nSPS) is 41.7. The lowest BCUT2D eigenvalue weighted by atomic mass is 9.37. The Labute approximate surface area is 212 Å². The monoisotopic (exact) mass is 482 g/mol. The fourth-order valence-corrected chi connectivity index (χ4v) is 9.27. The third kappa shape index (κ3) is 4.57. The number of nitrogens with zero attached hydrogens (tertiary/aromatic N) is 1. The first-order chi connectivity index (χ1) is 16.2. The highest BCUT2D eigenvalue weighted by Gasteiger charge is 2.66. The minimum Gasteiger partial charge on any atom is -0.444 e. The van der Waals surface area contributed by atoms with Crippen LogP contribution >= 0.6 is 0 Å². The van der Waals surface area contributed by atoms with Crippen LogP contribution in [0.15, 0.2) is 24.3 Å². The molecule has 4 bridgehead atoms. The molecule has 2 amide bonds. The average Bonchev–Trinajstić information content (AvgIpc) is 2.72. The van der Waals surface area contributed by atoms with Crippen LogP contribution in [0, 0.1) is 33.5 Å². The van der Waals surface area contributed by atoms with Gasteiger partial charge in [-0.1, -0.05) is 45.1 Å². The summed E-state index contributed by atoms with van der Waals surface area (Å²) < 4.78 is 5.51. The van der Waals surface area contributed by atoms with Crippen LogP contribution < -0.4 is 5.32 Å². The Bertz CT molecular complexity index is 946. The molecule has 0 aromatic rings. The maximum absolute atomic E-state index is 14.4. The lowest BCUT2D eigenvalue weighted by Crippen LogP contribution is -2.65. The number of alkyl carbamates (subject to hydrolysis) is 1. The number of amides is 2. The van der Waals surface area contributed by atoms with Crippen LogP contribution in [-0.4, -0.2) is 41.6 Å². The number of hydrogen-bond acceptors (Lipinski definition) is 3. The SMILES string of the molecule is CC(C)(C)OC(=O)N[C@H]1CCN(C(=O)C23CC4C[C@@](C)(C2)C[C@](C2C=CC=CC2)(C4)C3)CC1(C)C. The molecule has 0 aromatic carbocycles. The van der Waals surface area contributed by atoms with Gasteiger partial charge in [0.05, 0.1) is 5.41 Å². The van der Waals surface area contributed by atoms with E-state index in [9.17, 15) is 9.59 Å². The highest BCUT2D eigenvalue weighted by molar-refractivity contribution is 5.84. The van der Waals surface area contributed by atoms with E-state index in [0.29, 0.717) is 30.8 Å². The standard InChI is InChI=1S/C30H46N2O3/c1-26(2,3)35-25(34)31-23-12-13-32(20-27(23,4)5)24(33)30-16-21-14-28(6,18-30)17-29(15-21,19-30)22-10-8-7-9-11-22/h7-10,21-23H,11-20H2,1-6H3,(H,31,34)/t21?,22?,23-,28+,29+,30?/m0/s1. The van der Waals surface area contributed by atoms with Gasteiger partial charge < -0.3 is 15.0 Å². The number of rotatable bonds is 3. The summed E-state index contributed by atoms with van der Waals surface area (Å²) in [6.45, 7) is 13.9. The summed E-state index contributed by atoms with van der Waals surface area (Å²) in [5.74, 6) is 1.65. The molecule has 5 heteroatoms. The van der Waals surface area contributed by atoms with Gasteiger partial charge in [0, 0.05) is 24.5 Å². The van der Waals surface area contributed by atoms with Crippen molar-refractivity contribution in [2.45, 2.75) is 105 Å². The minimum absolute atomic E-state index is 0.000728. The molecule has 5 fully saturated rings. The van der Waals surface area contributed by atoms with E-state index in [1.807, 2.05) is 20.8 Å². The quantitative estimate of drug-likeness (QED) is 0.517. The largest absolute Gasteiger partial charge is 0.444 e. The van der Waals surface area contributed by atoms with Gasteiger partial charge in [-0.3, -0.25) is 4.79 Å². The van der Waals surface area contributed by atoms with Gasteiger partial charge in [-0.25, -0.2) is 4.79 Å². The molecule has 5 nitrogen and oxygen atoms in total. The third-order valence-electron chi connectivity index (χ3n) is 9.82. The number of nitrogens with one attached hydrogen (secondary N) is 1. The first-order valence-corrected chi connectivity index (χ1v) is 13.9. The van der Waals surface area contributed by atoms with Gasteiger partial charge in [0.2, 0.25) is 5.91 Å². The maximum Gasteiger partial charge on any atom is 0.407 e. The van der Waals surface area contributed by atoms with Gasteiger partial charge in [-0.15, -0.1) is 0 Å². The third-order valence-corrected chi connectivity index (χ3v) is 9.82. The van der Waals surface area contributed by atoms with Crippen molar-refractivity contribution in [3.63, 3.8) is 0 Å². The summed E-state index contributed by atoms with van der Waals surface area (Å²) in [4.78, 5) is 29.0. The van der Waals surface area contributed by atoms with Crippen LogP contribution in [0.4, 0.5) is 4.79 Å². The summed E-state index contributed by atoms with van der Waals surface area (Å²) in [5, 5.41) is 3.10. The molecule has 6 aliphatic rings. The molecular weight excluding hydrogens is 436 g/mol. The Morgan fingerprint density at radius 2 is 1.80 bits per heavy atom. The van der Waals surface area contributed by atoms with E-state index in [1.54, 1.807) is 0 Å². The number of piperidine rings is 1. The topological polar surface area (TPSA) is 58.6 Å². The van der Waals surface area contributed by atoms with Crippen molar-refractivity contribution in [3.05, 3.63) is 24.3 Å². The summed E-state index contributed by atoms with van der Waals surface area (Å²) in [6, 6.07) is 0.000728. The molecule has 1 heterocycles. The minimum atomic E-state index is -0.515. The molecule has 6 rings (SSSR count). The average molecular weight is 483 g/mol. The molecule has 35 heavy (non-hydrogen) atoms. The lowest BCUT2D eigenvalue weighted by molar-refractivity contribution is -0.191. The highest BCUT2D eigenvalue weighted by Crippen LogP contribution is 2.72. The maximum atomic E-state index is 14.4. The summed E-state index contributed by atoms with van der Waals surface area (Å²) in [7, 11) is 0. The van der Waals surface area contributed by atoms with E-state index in [0.717, 1.165) is 32.1 Å². The van der Waals surface area contributed by atoms with E-state index in [-0.39, 0.29) is 33.8 Å². The number of likely N-dealkylation sites (tertiary alicyclic amines) is 1. The molecular formula is C30H46N2O3.